The van der Waals surface area contributed by atoms with E-state index < -0.39 is 0 Å². The second-order valence-corrected chi connectivity index (χ2v) is 7.13. The number of hydrogen-bond donors (Lipinski definition) is 1. The van der Waals surface area contributed by atoms with Crippen LogP contribution in [-0.4, -0.2) is 24.3 Å². The Kier molecular flexibility index (Phi) is 6.02. The van der Waals surface area contributed by atoms with Crippen molar-refractivity contribution in [2.75, 3.05) is 23.4 Å². The minimum atomic E-state index is 0.803. The van der Waals surface area contributed by atoms with E-state index in [1.54, 1.807) is 11.3 Å². The van der Waals surface area contributed by atoms with Crippen LogP contribution in [0.4, 0.5) is 10.8 Å². The lowest BCUT2D eigenvalue weighted by Gasteiger charge is -2.20. The van der Waals surface area contributed by atoms with Crippen LogP contribution < -0.4 is 10.3 Å². The molecule has 0 amide bonds. The standard InChI is InChI=1S/C21H24N4S/c1-4-25(5-2)19-13-11-17(12-14-19)15-22-24-21-23-20(16(3)26-21)18-9-7-6-8-10-18/h6-15H,4-5H2,1-3H3,(H,23,24)/b22-15+. The molecule has 2 aromatic carbocycles. The fraction of sp³-hybridized carbons (Fsp3) is 0.238. The SMILES string of the molecule is CCN(CC)c1ccc(/C=N/Nc2nc(-c3ccccc3)c(C)s2)cc1. The molecule has 0 unspecified atom stereocenters. The summed E-state index contributed by atoms with van der Waals surface area (Å²) in [7, 11) is 0. The van der Waals surface area contributed by atoms with Crippen LogP contribution in [0, 0.1) is 6.92 Å². The number of benzene rings is 2. The van der Waals surface area contributed by atoms with Crippen molar-refractivity contribution in [3.8, 4) is 11.3 Å². The third-order valence-electron chi connectivity index (χ3n) is 4.24. The van der Waals surface area contributed by atoms with E-state index in [0.717, 1.165) is 35.0 Å². The highest BCUT2D eigenvalue weighted by Gasteiger charge is 2.08. The highest BCUT2D eigenvalue weighted by atomic mass is 32.1. The summed E-state index contributed by atoms with van der Waals surface area (Å²) in [6, 6.07) is 18.7. The Morgan fingerprint density at radius 3 is 2.38 bits per heavy atom. The number of rotatable bonds is 7. The number of nitrogens with one attached hydrogen (secondary N) is 1. The molecule has 3 rings (SSSR count). The van der Waals surface area contributed by atoms with E-state index in [9.17, 15) is 0 Å². The Morgan fingerprint density at radius 2 is 1.73 bits per heavy atom. The number of hydrazone groups is 1. The second-order valence-electron chi connectivity index (χ2n) is 5.92. The molecule has 0 radical (unpaired) electrons. The molecule has 0 aliphatic carbocycles. The molecule has 4 nitrogen and oxygen atoms in total. The van der Waals surface area contributed by atoms with Crippen molar-refractivity contribution in [3.05, 3.63) is 65.0 Å². The number of thiazole rings is 1. The maximum absolute atomic E-state index is 4.66. The Labute approximate surface area is 159 Å². The molecule has 134 valence electrons. The molecule has 0 fully saturated rings. The summed E-state index contributed by atoms with van der Waals surface area (Å²) in [5.74, 6) is 0. The summed E-state index contributed by atoms with van der Waals surface area (Å²) < 4.78 is 0. The molecule has 0 aliphatic heterocycles. The average molecular weight is 365 g/mol. The molecule has 0 spiro atoms. The van der Waals surface area contributed by atoms with E-state index in [2.05, 4.69) is 77.6 Å². The van der Waals surface area contributed by atoms with Crippen molar-refractivity contribution in [2.45, 2.75) is 20.8 Å². The minimum Gasteiger partial charge on any atom is -0.372 e. The number of aryl methyl sites for hydroxylation is 1. The Morgan fingerprint density at radius 1 is 1.04 bits per heavy atom. The summed E-state index contributed by atoms with van der Waals surface area (Å²) in [5.41, 5.74) is 7.49. The predicted molar refractivity (Wildman–Crippen MR) is 114 cm³/mol. The lowest BCUT2D eigenvalue weighted by molar-refractivity contribution is 0.866. The van der Waals surface area contributed by atoms with Gasteiger partial charge in [0, 0.05) is 29.2 Å². The van der Waals surface area contributed by atoms with Gasteiger partial charge in [0.05, 0.1) is 11.9 Å². The quantitative estimate of drug-likeness (QED) is 0.450. The van der Waals surface area contributed by atoms with Crippen LogP contribution in [0.2, 0.25) is 0 Å². The zero-order chi connectivity index (χ0) is 18.4. The highest BCUT2D eigenvalue weighted by Crippen LogP contribution is 2.30. The van der Waals surface area contributed by atoms with Gasteiger partial charge in [-0.25, -0.2) is 4.98 Å². The maximum Gasteiger partial charge on any atom is 0.204 e. The number of aromatic nitrogens is 1. The highest BCUT2D eigenvalue weighted by molar-refractivity contribution is 7.15. The zero-order valence-corrected chi connectivity index (χ0v) is 16.3. The van der Waals surface area contributed by atoms with Crippen molar-refractivity contribution in [2.24, 2.45) is 5.10 Å². The molecule has 3 aromatic rings. The number of hydrogen-bond acceptors (Lipinski definition) is 5. The monoisotopic (exact) mass is 364 g/mol. The van der Waals surface area contributed by atoms with Crippen LogP contribution in [0.1, 0.15) is 24.3 Å². The lowest BCUT2D eigenvalue weighted by atomic mass is 10.1. The first kappa shape index (κ1) is 18.1. The molecule has 26 heavy (non-hydrogen) atoms. The molecule has 1 N–H and O–H groups in total. The molecule has 0 aliphatic rings. The van der Waals surface area contributed by atoms with Crippen LogP contribution in [0.15, 0.2) is 59.7 Å². The van der Waals surface area contributed by atoms with Crippen LogP contribution >= 0.6 is 11.3 Å². The smallest absolute Gasteiger partial charge is 0.204 e. The molecular formula is C21H24N4S. The Hall–Kier alpha value is -2.66. The van der Waals surface area contributed by atoms with E-state index in [0.29, 0.717) is 0 Å². The summed E-state index contributed by atoms with van der Waals surface area (Å²) >= 11 is 1.61. The van der Waals surface area contributed by atoms with Crippen molar-refractivity contribution in [3.63, 3.8) is 0 Å². The van der Waals surface area contributed by atoms with E-state index in [-0.39, 0.29) is 0 Å². The number of nitrogens with zero attached hydrogens (tertiary/aromatic N) is 3. The van der Waals surface area contributed by atoms with Gasteiger partial charge in [0.1, 0.15) is 0 Å². The van der Waals surface area contributed by atoms with Gasteiger partial charge in [-0.05, 0) is 38.5 Å². The Bertz CT molecular complexity index is 849. The van der Waals surface area contributed by atoms with Gasteiger partial charge in [0.15, 0.2) is 0 Å². The van der Waals surface area contributed by atoms with Crippen molar-refractivity contribution in [1.82, 2.24) is 4.98 Å². The molecule has 0 saturated carbocycles. The normalized spacial score (nSPS) is 11.0. The fourth-order valence-corrected chi connectivity index (χ4v) is 3.62. The van der Waals surface area contributed by atoms with E-state index >= 15 is 0 Å². The first-order valence-electron chi connectivity index (χ1n) is 8.88. The molecule has 1 aromatic heterocycles. The Balaban J connectivity index is 1.66. The lowest BCUT2D eigenvalue weighted by Crippen LogP contribution is -2.21. The van der Waals surface area contributed by atoms with E-state index in [1.165, 1.54) is 10.6 Å². The molecule has 5 heteroatoms. The first-order valence-corrected chi connectivity index (χ1v) is 9.69. The van der Waals surface area contributed by atoms with Gasteiger partial charge in [-0.2, -0.15) is 5.10 Å². The summed E-state index contributed by atoms with van der Waals surface area (Å²) in [5, 5.41) is 5.14. The maximum atomic E-state index is 4.66. The van der Waals surface area contributed by atoms with Crippen LogP contribution in [0.25, 0.3) is 11.3 Å². The fourth-order valence-electron chi connectivity index (χ4n) is 2.83. The topological polar surface area (TPSA) is 40.5 Å². The van der Waals surface area contributed by atoms with Crippen molar-refractivity contribution < 1.29 is 0 Å². The summed E-state index contributed by atoms with van der Waals surface area (Å²) in [4.78, 5) is 8.16. The predicted octanol–water partition coefficient (Wildman–Crippen LogP) is 5.41. The third kappa shape index (κ3) is 4.29. The first-order chi connectivity index (χ1) is 12.7. The van der Waals surface area contributed by atoms with E-state index in [1.807, 2.05) is 24.4 Å². The van der Waals surface area contributed by atoms with Crippen LogP contribution in [-0.2, 0) is 0 Å². The summed E-state index contributed by atoms with van der Waals surface area (Å²) in [6.45, 7) is 8.45. The van der Waals surface area contributed by atoms with Crippen LogP contribution in [0.3, 0.4) is 0 Å². The van der Waals surface area contributed by atoms with Crippen molar-refractivity contribution >= 4 is 28.4 Å². The van der Waals surface area contributed by atoms with Gasteiger partial charge in [0.25, 0.3) is 0 Å². The number of anilines is 2. The van der Waals surface area contributed by atoms with Gasteiger partial charge >= 0.3 is 0 Å². The van der Waals surface area contributed by atoms with Gasteiger partial charge < -0.3 is 4.90 Å². The van der Waals surface area contributed by atoms with Gasteiger partial charge in [-0.3, -0.25) is 5.43 Å². The molecule has 1 heterocycles. The van der Waals surface area contributed by atoms with E-state index in [4.69, 9.17) is 0 Å². The molecule has 0 atom stereocenters. The van der Waals surface area contributed by atoms with Crippen molar-refractivity contribution in [1.29, 1.82) is 0 Å². The largest absolute Gasteiger partial charge is 0.372 e. The minimum absolute atomic E-state index is 0.803. The van der Waals surface area contributed by atoms with Gasteiger partial charge in [0.2, 0.25) is 5.13 Å². The average Bonchev–Trinajstić information content (AvgIpc) is 3.05. The van der Waals surface area contributed by atoms with Crippen LogP contribution in [0.5, 0.6) is 0 Å². The van der Waals surface area contributed by atoms with Gasteiger partial charge in [-0.15, -0.1) is 11.3 Å². The zero-order valence-electron chi connectivity index (χ0n) is 15.4. The molecule has 0 saturated heterocycles. The van der Waals surface area contributed by atoms with Gasteiger partial charge in [-0.1, -0.05) is 42.5 Å². The second kappa shape index (κ2) is 8.63. The third-order valence-corrected chi connectivity index (χ3v) is 5.11. The molecule has 0 bridgehead atoms. The molecular weight excluding hydrogens is 340 g/mol. The summed E-state index contributed by atoms with van der Waals surface area (Å²) in [6.07, 6.45) is 1.82.